The Bertz CT molecular complexity index is 934. The van der Waals surface area contributed by atoms with Crippen molar-refractivity contribution >= 4 is 23.2 Å². The molecule has 0 spiro atoms. The molecule has 0 radical (unpaired) electrons. The third-order valence-corrected chi connectivity index (χ3v) is 5.74. The Hall–Kier alpha value is -3.25. The summed E-state index contributed by atoms with van der Waals surface area (Å²) in [5.41, 5.74) is 3.10. The molecule has 0 saturated heterocycles. The number of hydrogen-bond acceptors (Lipinski definition) is 5. The van der Waals surface area contributed by atoms with Gasteiger partial charge in [-0.2, -0.15) is 0 Å². The van der Waals surface area contributed by atoms with Crippen molar-refractivity contribution in [2.45, 2.75) is 31.6 Å². The molecule has 1 saturated carbocycles. The van der Waals surface area contributed by atoms with E-state index < -0.39 is 5.97 Å². The quantitative estimate of drug-likeness (QED) is 0.534. The van der Waals surface area contributed by atoms with Gasteiger partial charge in [0.15, 0.2) is 5.82 Å². The van der Waals surface area contributed by atoms with Crippen LogP contribution in [0.1, 0.15) is 37.3 Å². The Kier molecular flexibility index (Phi) is 6.89. The van der Waals surface area contributed by atoms with E-state index in [-0.39, 0.29) is 6.61 Å². The highest BCUT2D eigenvalue weighted by Gasteiger charge is 2.25. The summed E-state index contributed by atoms with van der Waals surface area (Å²) in [7, 11) is 0. The molecule has 0 bridgehead atoms. The number of ether oxygens (including phenoxy) is 1. The first-order valence-corrected chi connectivity index (χ1v) is 10.7. The largest absolute Gasteiger partial charge is 0.480 e. The zero-order chi connectivity index (χ0) is 21.5. The molecule has 4 rings (SSSR count). The molecule has 1 aliphatic carbocycles. The minimum absolute atomic E-state index is 0.220. The van der Waals surface area contributed by atoms with Crippen molar-refractivity contribution in [3.8, 4) is 0 Å². The van der Waals surface area contributed by atoms with Crippen LogP contribution < -0.4 is 4.90 Å². The number of benzene rings is 2. The van der Waals surface area contributed by atoms with Gasteiger partial charge in [-0.3, -0.25) is 9.88 Å². The molecule has 1 N–H and O–H groups in total. The van der Waals surface area contributed by atoms with Crippen molar-refractivity contribution in [1.29, 1.82) is 0 Å². The monoisotopic (exact) mass is 417 g/mol. The molecular formula is C25H27N3O3. The summed E-state index contributed by atoms with van der Waals surface area (Å²) in [5, 5.41) is 8.72. The summed E-state index contributed by atoms with van der Waals surface area (Å²) < 4.78 is 5.29. The molecule has 0 atom stereocenters. The highest BCUT2D eigenvalue weighted by Crippen LogP contribution is 2.37. The molecular weight excluding hydrogens is 390 g/mol. The van der Waals surface area contributed by atoms with Gasteiger partial charge in [0, 0.05) is 23.5 Å². The van der Waals surface area contributed by atoms with Crippen molar-refractivity contribution in [1.82, 2.24) is 9.97 Å². The molecule has 1 heterocycles. The highest BCUT2D eigenvalue weighted by atomic mass is 16.5. The Morgan fingerprint density at radius 2 is 1.55 bits per heavy atom. The number of nitrogens with zero attached hydrogens (tertiary/aromatic N) is 3. The smallest absolute Gasteiger partial charge is 0.329 e. The number of aromatic nitrogens is 2. The molecule has 0 unspecified atom stereocenters. The zero-order valence-corrected chi connectivity index (χ0v) is 17.4. The van der Waals surface area contributed by atoms with Crippen molar-refractivity contribution in [3.63, 3.8) is 0 Å². The first-order valence-electron chi connectivity index (χ1n) is 10.7. The van der Waals surface area contributed by atoms with Gasteiger partial charge < -0.3 is 9.84 Å². The molecule has 1 aliphatic rings. The van der Waals surface area contributed by atoms with Gasteiger partial charge in [0.05, 0.1) is 18.5 Å². The summed E-state index contributed by atoms with van der Waals surface area (Å²) in [6.45, 7) is 0.294. The van der Waals surface area contributed by atoms with E-state index >= 15 is 0 Å². The van der Waals surface area contributed by atoms with Crippen LogP contribution in [0.5, 0.6) is 0 Å². The van der Waals surface area contributed by atoms with E-state index in [1.165, 1.54) is 0 Å². The van der Waals surface area contributed by atoms with Crippen molar-refractivity contribution < 1.29 is 14.6 Å². The van der Waals surface area contributed by atoms with Crippen LogP contribution in [0.2, 0.25) is 0 Å². The lowest BCUT2D eigenvalue weighted by Crippen LogP contribution is -2.21. The topological polar surface area (TPSA) is 75.6 Å². The number of carboxylic acids is 1. The standard InChI is InChI=1S/C25H27N3O3/c29-25(30)18-31-17-19-11-13-20(14-12-19)23-15-26-16-24(27-23)28(21-7-3-1-4-8-21)22-9-5-2-6-10-22/h1-10,15-16,19-20H,11-14,17-18H2,(H,29,30). The average molecular weight is 418 g/mol. The van der Waals surface area contributed by atoms with Crippen molar-refractivity contribution in [2.24, 2.45) is 5.92 Å². The van der Waals surface area contributed by atoms with Gasteiger partial charge in [-0.05, 0) is 55.9 Å². The maximum atomic E-state index is 10.6. The highest BCUT2D eigenvalue weighted by molar-refractivity contribution is 5.73. The first kappa shape index (κ1) is 21.0. The van der Waals surface area contributed by atoms with Crippen molar-refractivity contribution in [3.05, 3.63) is 78.8 Å². The number of rotatable bonds is 8. The second-order valence-electron chi connectivity index (χ2n) is 7.94. The number of aliphatic carboxylic acids is 1. The third kappa shape index (κ3) is 5.47. The fraction of sp³-hybridized carbons (Fsp3) is 0.320. The number of para-hydroxylation sites is 2. The van der Waals surface area contributed by atoms with Gasteiger partial charge in [-0.1, -0.05) is 36.4 Å². The predicted octanol–water partition coefficient (Wildman–Crippen LogP) is 5.32. The summed E-state index contributed by atoms with van der Waals surface area (Å²) in [5.74, 6) is 0.664. The van der Waals surface area contributed by atoms with Crippen LogP contribution in [0.25, 0.3) is 0 Å². The van der Waals surface area contributed by atoms with Crippen LogP contribution in [-0.4, -0.2) is 34.3 Å². The maximum Gasteiger partial charge on any atom is 0.329 e. The fourth-order valence-corrected chi connectivity index (χ4v) is 4.18. The number of hydrogen-bond donors (Lipinski definition) is 1. The second kappa shape index (κ2) is 10.2. The van der Waals surface area contributed by atoms with E-state index in [9.17, 15) is 4.79 Å². The normalized spacial score (nSPS) is 18.5. The van der Waals surface area contributed by atoms with E-state index in [4.69, 9.17) is 14.8 Å². The molecule has 0 aliphatic heterocycles. The third-order valence-electron chi connectivity index (χ3n) is 5.74. The lowest BCUT2D eigenvalue weighted by Gasteiger charge is -2.29. The van der Waals surface area contributed by atoms with Crippen LogP contribution in [0.3, 0.4) is 0 Å². The lowest BCUT2D eigenvalue weighted by atomic mass is 9.81. The molecule has 1 fully saturated rings. The number of carbonyl (C=O) groups is 1. The molecule has 0 amide bonds. The summed E-state index contributed by atoms with van der Waals surface area (Å²) in [4.78, 5) is 22.3. The molecule has 160 valence electrons. The number of carboxylic acid groups (broad SMARTS) is 1. The zero-order valence-electron chi connectivity index (χ0n) is 17.4. The van der Waals surface area contributed by atoms with E-state index in [1.807, 2.05) is 48.8 Å². The molecule has 6 heteroatoms. The van der Waals surface area contributed by atoms with E-state index in [1.54, 1.807) is 0 Å². The van der Waals surface area contributed by atoms with Gasteiger partial charge in [-0.15, -0.1) is 0 Å². The minimum Gasteiger partial charge on any atom is -0.480 e. The predicted molar refractivity (Wildman–Crippen MR) is 120 cm³/mol. The van der Waals surface area contributed by atoms with Crippen molar-refractivity contribution in [2.75, 3.05) is 18.1 Å². The van der Waals surface area contributed by atoms with E-state index in [0.29, 0.717) is 18.4 Å². The van der Waals surface area contributed by atoms with Crippen LogP contribution in [-0.2, 0) is 9.53 Å². The Labute approximate surface area is 182 Å². The Morgan fingerprint density at radius 3 is 2.13 bits per heavy atom. The van der Waals surface area contributed by atoms with Crippen LogP contribution >= 0.6 is 0 Å². The van der Waals surface area contributed by atoms with Gasteiger partial charge in [0.2, 0.25) is 0 Å². The van der Waals surface area contributed by atoms with E-state index in [2.05, 4.69) is 34.1 Å². The van der Waals surface area contributed by atoms with Gasteiger partial charge in [-0.25, -0.2) is 9.78 Å². The van der Waals surface area contributed by atoms with E-state index in [0.717, 1.165) is 48.6 Å². The van der Waals surface area contributed by atoms with Gasteiger partial charge in [0.25, 0.3) is 0 Å². The lowest BCUT2D eigenvalue weighted by molar-refractivity contribution is -0.142. The Balaban J connectivity index is 1.50. The summed E-state index contributed by atoms with van der Waals surface area (Å²) in [6.07, 6.45) is 7.73. The molecule has 6 nitrogen and oxygen atoms in total. The summed E-state index contributed by atoms with van der Waals surface area (Å²) >= 11 is 0. The molecule has 2 aromatic carbocycles. The Morgan fingerprint density at radius 1 is 0.935 bits per heavy atom. The average Bonchev–Trinajstić information content (AvgIpc) is 2.81. The maximum absolute atomic E-state index is 10.6. The number of anilines is 3. The van der Waals surface area contributed by atoms with Crippen LogP contribution in [0, 0.1) is 5.92 Å². The fourth-order valence-electron chi connectivity index (χ4n) is 4.18. The molecule has 31 heavy (non-hydrogen) atoms. The summed E-state index contributed by atoms with van der Waals surface area (Å²) in [6, 6.07) is 20.4. The minimum atomic E-state index is -0.915. The SMILES string of the molecule is O=C(O)COCC1CCC(c2cncc(N(c3ccccc3)c3ccccc3)n2)CC1. The van der Waals surface area contributed by atoms with Gasteiger partial charge in [0.1, 0.15) is 6.61 Å². The van der Waals surface area contributed by atoms with Crippen LogP contribution in [0.15, 0.2) is 73.1 Å². The van der Waals surface area contributed by atoms with Crippen LogP contribution in [0.4, 0.5) is 17.2 Å². The molecule has 1 aromatic heterocycles. The first-order chi connectivity index (χ1) is 15.2. The van der Waals surface area contributed by atoms with Gasteiger partial charge >= 0.3 is 5.97 Å². The second-order valence-corrected chi connectivity index (χ2v) is 7.94. The molecule has 3 aromatic rings.